The minimum absolute atomic E-state index is 0.0139. The molecule has 0 spiro atoms. The molecule has 0 atom stereocenters. The number of carbonyl (C=O) groups is 2. The van der Waals surface area contributed by atoms with Crippen molar-refractivity contribution in [3.63, 3.8) is 0 Å². The van der Waals surface area contributed by atoms with E-state index in [1.807, 2.05) is 6.92 Å². The number of hydrogen-bond donors (Lipinski definition) is 1. The molecule has 0 aromatic rings. The molecule has 52 valence electrons. The Morgan fingerprint density at radius 1 is 1.67 bits per heavy atom. The zero-order valence-electron chi connectivity index (χ0n) is 5.52. The fourth-order valence-corrected chi connectivity index (χ4v) is 0.412. The van der Waals surface area contributed by atoms with Crippen LogP contribution in [0.15, 0.2) is 0 Å². The highest BCUT2D eigenvalue weighted by molar-refractivity contribution is 5.87. The van der Waals surface area contributed by atoms with Crippen molar-refractivity contribution in [2.45, 2.75) is 19.8 Å². The van der Waals surface area contributed by atoms with Crippen molar-refractivity contribution in [1.29, 1.82) is 0 Å². The maximum Gasteiger partial charge on any atom is 0.227 e. The smallest absolute Gasteiger partial charge is 0.227 e. The zero-order valence-corrected chi connectivity index (χ0v) is 5.52. The van der Waals surface area contributed by atoms with Gasteiger partial charge in [-0.15, -0.1) is 0 Å². The van der Waals surface area contributed by atoms with E-state index in [9.17, 15) is 9.59 Å². The second-order valence-corrected chi connectivity index (χ2v) is 1.72. The fourth-order valence-electron chi connectivity index (χ4n) is 0.412. The monoisotopic (exact) mass is 129 g/mol. The van der Waals surface area contributed by atoms with Crippen molar-refractivity contribution in [3.8, 4) is 0 Å². The lowest BCUT2D eigenvalue weighted by Crippen LogP contribution is -2.23. The Kier molecular flexibility index (Phi) is 4.78. The van der Waals surface area contributed by atoms with Gasteiger partial charge < -0.3 is 10.1 Å². The first-order valence-electron chi connectivity index (χ1n) is 3.01. The average Bonchev–Trinajstić information content (AvgIpc) is 1.85. The molecule has 0 radical (unpaired) electrons. The Hall–Kier alpha value is -0.860. The number of amides is 1. The molecule has 0 bridgehead atoms. The summed E-state index contributed by atoms with van der Waals surface area (Å²) < 4.78 is 0. The molecule has 3 heteroatoms. The second kappa shape index (κ2) is 5.28. The summed E-state index contributed by atoms with van der Waals surface area (Å²) in [6.45, 7) is 2.62. The van der Waals surface area contributed by atoms with Crippen molar-refractivity contribution in [3.05, 3.63) is 0 Å². The highest BCUT2D eigenvalue weighted by Crippen LogP contribution is 1.74. The number of aldehydes is 1. The predicted octanol–water partition coefficient (Wildman–Crippen LogP) is 0.102. The molecule has 0 aromatic heterocycles. The first-order valence-corrected chi connectivity index (χ1v) is 3.01. The van der Waals surface area contributed by atoms with Gasteiger partial charge in [0.2, 0.25) is 5.91 Å². The van der Waals surface area contributed by atoms with Crippen molar-refractivity contribution in [2.24, 2.45) is 0 Å². The van der Waals surface area contributed by atoms with Gasteiger partial charge in [0, 0.05) is 6.54 Å². The van der Waals surface area contributed by atoms with Gasteiger partial charge in [-0.05, 0) is 6.42 Å². The lowest BCUT2D eigenvalue weighted by Gasteiger charge is -1.96. The molecule has 0 aromatic carbocycles. The molecule has 1 amide bonds. The number of nitrogens with one attached hydrogen (secondary N) is 1. The van der Waals surface area contributed by atoms with Crippen LogP contribution in [0.3, 0.4) is 0 Å². The van der Waals surface area contributed by atoms with Gasteiger partial charge in [0.05, 0.1) is 6.42 Å². The molecule has 0 aliphatic rings. The molecule has 0 unspecified atom stereocenters. The molecule has 0 saturated heterocycles. The van der Waals surface area contributed by atoms with Crippen LogP contribution in [0.2, 0.25) is 0 Å². The predicted molar refractivity (Wildman–Crippen MR) is 34.0 cm³/mol. The van der Waals surface area contributed by atoms with E-state index in [1.165, 1.54) is 0 Å². The summed E-state index contributed by atoms with van der Waals surface area (Å²) in [6.07, 6.45) is 1.50. The van der Waals surface area contributed by atoms with Gasteiger partial charge in [-0.1, -0.05) is 6.92 Å². The third kappa shape index (κ3) is 5.00. The fraction of sp³-hybridized carbons (Fsp3) is 0.667. The zero-order chi connectivity index (χ0) is 7.11. The van der Waals surface area contributed by atoms with Crippen LogP contribution >= 0.6 is 0 Å². The topological polar surface area (TPSA) is 46.2 Å². The van der Waals surface area contributed by atoms with Gasteiger partial charge in [0.1, 0.15) is 6.29 Å². The van der Waals surface area contributed by atoms with Gasteiger partial charge >= 0.3 is 0 Å². The molecule has 0 heterocycles. The van der Waals surface area contributed by atoms with Crippen LogP contribution in [0.4, 0.5) is 0 Å². The van der Waals surface area contributed by atoms with E-state index < -0.39 is 0 Å². The molecule has 9 heavy (non-hydrogen) atoms. The molecule has 0 aliphatic heterocycles. The van der Waals surface area contributed by atoms with E-state index >= 15 is 0 Å². The van der Waals surface area contributed by atoms with Gasteiger partial charge in [-0.3, -0.25) is 4.79 Å². The van der Waals surface area contributed by atoms with Crippen LogP contribution in [0, 0.1) is 0 Å². The Morgan fingerprint density at radius 3 is 2.78 bits per heavy atom. The largest absolute Gasteiger partial charge is 0.356 e. The third-order valence-electron chi connectivity index (χ3n) is 0.841. The molecular formula is C6H11NO2. The van der Waals surface area contributed by atoms with Crippen LogP contribution in [0.1, 0.15) is 19.8 Å². The standard InChI is InChI=1S/C6H11NO2/c1-2-4-7-6(9)3-5-8/h5H,2-4H2,1H3,(H,7,9). The van der Waals surface area contributed by atoms with Gasteiger partial charge in [-0.2, -0.15) is 0 Å². The van der Waals surface area contributed by atoms with Gasteiger partial charge in [0.25, 0.3) is 0 Å². The number of carbonyl (C=O) groups excluding carboxylic acids is 2. The van der Waals surface area contributed by atoms with Gasteiger partial charge in [-0.25, -0.2) is 0 Å². The SMILES string of the molecule is CCCNC(=O)CC=O. The minimum atomic E-state index is -0.188. The van der Waals surface area contributed by atoms with Crippen LogP contribution in [-0.2, 0) is 9.59 Å². The van der Waals surface area contributed by atoms with Crippen molar-refractivity contribution in [2.75, 3.05) is 6.54 Å². The second-order valence-electron chi connectivity index (χ2n) is 1.72. The maximum absolute atomic E-state index is 10.5. The third-order valence-corrected chi connectivity index (χ3v) is 0.841. The molecule has 0 fully saturated rings. The van der Waals surface area contributed by atoms with Crippen molar-refractivity contribution >= 4 is 12.2 Å². The summed E-state index contributed by atoms with van der Waals surface area (Å²) in [5, 5.41) is 2.56. The highest BCUT2D eigenvalue weighted by atomic mass is 16.2. The summed E-state index contributed by atoms with van der Waals surface area (Å²) in [7, 11) is 0. The van der Waals surface area contributed by atoms with E-state index in [4.69, 9.17) is 0 Å². The Bertz CT molecular complexity index is 101. The number of hydrogen-bond acceptors (Lipinski definition) is 2. The minimum Gasteiger partial charge on any atom is -0.356 e. The van der Waals surface area contributed by atoms with E-state index in [0.29, 0.717) is 12.8 Å². The highest BCUT2D eigenvalue weighted by Gasteiger charge is 1.94. The Labute approximate surface area is 54.4 Å². The molecule has 0 saturated carbocycles. The molecule has 1 N–H and O–H groups in total. The Balaban J connectivity index is 3.16. The van der Waals surface area contributed by atoms with E-state index in [0.717, 1.165) is 6.42 Å². The Morgan fingerprint density at radius 2 is 2.33 bits per heavy atom. The summed E-state index contributed by atoms with van der Waals surface area (Å²) >= 11 is 0. The van der Waals surface area contributed by atoms with Gasteiger partial charge in [0.15, 0.2) is 0 Å². The normalized spacial score (nSPS) is 8.56. The van der Waals surface area contributed by atoms with Crippen molar-refractivity contribution in [1.82, 2.24) is 5.32 Å². The van der Waals surface area contributed by atoms with E-state index in [2.05, 4.69) is 5.32 Å². The summed E-state index contributed by atoms with van der Waals surface area (Å²) in [5.74, 6) is -0.188. The average molecular weight is 129 g/mol. The molecular weight excluding hydrogens is 118 g/mol. The molecule has 3 nitrogen and oxygen atoms in total. The number of rotatable bonds is 4. The van der Waals surface area contributed by atoms with Crippen LogP contribution in [0.25, 0.3) is 0 Å². The van der Waals surface area contributed by atoms with Crippen molar-refractivity contribution < 1.29 is 9.59 Å². The lowest BCUT2D eigenvalue weighted by atomic mass is 10.4. The quantitative estimate of drug-likeness (QED) is 0.432. The van der Waals surface area contributed by atoms with Crippen LogP contribution < -0.4 is 5.32 Å². The summed E-state index contributed by atoms with van der Waals surface area (Å²) in [6, 6.07) is 0. The lowest BCUT2D eigenvalue weighted by molar-refractivity contribution is -0.123. The van der Waals surface area contributed by atoms with Crippen LogP contribution in [-0.4, -0.2) is 18.7 Å². The van der Waals surface area contributed by atoms with E-state index in [-0.39, 0.29) is 12.3 Å². The molecule has 0 rings (SSSR count). The summed E-state index contributed by atoms with van der Waals surface area (Å²) in [5.41, 5.74) is 0. The van der Waals surface area contributed by atoms with Crippen LogP contribution in [0.5, 0.6) is 0 Å². The first-order chi connectivity index (χ1) is 4.31. The molecule has 0 aliphatic carbocycles. The maximum atomic E-state index is 10.5. The van der Waals surface area contributed by atoms with E-state index in [1.54, 1.807) is 0 Å². The first kappa shape index (κ1) is 8.14. The summed E-state index contributed by atoms with van der Waals surface area (Å²) in [4.78, 5) is 20.2.